The first-order chi connectivity index (χ1) is 17.0. The van der Waals surface area contributed by atoms with E-state index >= 15 is 0 Å². The van der Waals surface area contributed by atoms with Gasteiger partial charge in [0.2, 0.25) is 11.8 Å². The lowest BCUT2D eigenvalue weighted by Gasteiger charge is -2.24. The van der Waals surface area contributed by atoms with E-state index in [1.54, 1.807) is 28.2 Å². The average molecular weight is 511 g/mol. The van der Waals surface area contributed by atoms with Gasteiger partial charge in [0.05, 0.1) is 0 Å². The van der Waals surface area contributed by atoms with Crippen molar-refractivity contribution in [3.8, 4) is 0 Å². The summed E-state index contributed by atoms with van der Waals surface area (Å²) in [4.78, 5) is 79.0. The quantitative estimate of drug-likeness (QED) is 0.275. The summed E-state index contributed by atoms with van der Waals surface area (Å²) in [5.41, 5.74) is 0. The van der Waals surface area contributed by atoms with Gasteiger partial charge in [-0.2, -0.15) is 0 Å². The van der Waals surface area contributed by atoms with Gasteiger partial charge in [-0.15, -0.1) is 0 Å². The minimum atomic E-state index is -0.690. The number of esters is 2. The van der Waals surface area contributed by atoms with Crippen LogP contribution >= 0.6 is 0 Å². The Bertz CT molecular complexity index is 776. The van der Waals surface area contributed by atoms with E-state index in [4.69, 9.17) is 9.47 Å². The molecule has 0 aromatic carbocycles. The molecule has 2 atom stereocenters. The first-order valence-corrected chi connectivity index (χ1v) is 12.4. The van der Waals surface area contributed by atoms with Gasteiger partial charge < -0.3 is 29.1 Å². The van der Waals surface area contributed by atoms with Crippen molar-refractivity contribution in [1.29, 1.82) is 0 Å². The molecule has 2 rings (SSSR count). The second kappa shape index (κ2) is 13.8. The normalized spacial score (nSPS) is 19.1. The Kier molecular flexibility index (Phi) is 11.1. The number of unbranched alkanes of at least 4 members (excludes halogenated alkanes) is 1. The van der Waals surface area contributed by atoms with Crippen molar-refractivity contribution in [3.63, 3.8) is 0 Å². The molecule has 0 aromatic heterocycles. The summed E-state index contributed by atoms with van der Waals surface area (Å²) >= 11 is 0. The second-order valence-corrected chi connectivity index (χ2v) is 9.49. The Morgan fingerprint density at radius 1 is 0.667 bits per heavy atom. The first kappa shape index (κ1) is 29.1. The van der Waals surface area contributed by atoms with Gasteiger partial charge in [0.25, 0.3) is 11.8 Å². The molecule has 0 radical (unpaired) electrons. The topological polar surface area (TPSA) is 134 Å². The number of ether oxygens (including phenoxy) is 2. The van der Waals surface area contributed by atoms with Gasteiger partial charge in [-0.3, -0.25) is 19.2 Å². The molecule has 12 nitrogen and oxygen atoms in total. The zero-order chi connectivity index (χ0) is 26.8. The summed E-state index contributed by atoms with van der Waals surface area (Å²) in [6.45, 7) is 0.188. The highest BCUT2D eigenvalue weighted by Gasteiger charge is 2.36. The van der Waals surface area contributed by atoms with Crippen molar-refractivity contribution in [2.75, 3.05) is 54.5 Å². The minimum absolute atomic E-state index is 0.186. The number of likely N-dealkylation sites (N-methyl/N-ethyl adjacent to an activating group) is 2. The number of carbonyl (C=O) groups excluding carboxylic acids is 6. The number of hydrogen-bond acceptors (Lipinski definition) is 8. The smallest absolute Gasteiger partial charge is 0.329 e. The van der Waals surface area contributed by atoms with Crippen molar-refractivity contribution < 1.29 is 38.2 Å². The molecule has 36 heavy (non-hydrogen) atoms. The molecule has 0 aromatic rings. The predicted octanol–water partition coefficient (Wildman–Crippen LogP) is -0.208. The molecule has 0 spiro atoms. The lowest BCUT2D eigenvalue weighted by atomic mass is 10.1. The number of hydrogen-bond donors (Lipinski definition) is 0. The lowest BCUT2D eigenvalue weighted by molar-refractivity contribution is -0.157. The van der Waals surface area contributed by atoms with E-state index in [9.17, 15) is 28.8 Å². The van der Waals surface area contributed by atoms with Gasteiger partial charge in [-0.25, -0.2) is 9.59 Å². The van der Waals surface area contributed by atoms with Crippen LogP contribution in [0.1, 0.15) is 51.4 Å². The van der Waals surface area contributed by atoms with E-state index in [0.717, 1.165) is 0 Å². The Labute approximate surface area is 211 Å². The highest BCUT2D eigenvalue weighted by Crippen LogP contribution is 2.22. The fourth-order valence-corrected chi connectivity index (χ4v) is 4.18. The maximum atomic E-state index is 12.7. The number of carbonyl (C=O) groups is 6. The van der Waals surface area contributed by atoms with Gasteiger partial charge >= 0.3 is 11.9 Å². The van der Waals surface area contributed by atoms with Crippen LogP contribution in [0, 0.1) is 0 Å². The zero-order valence-corrected chi connectivity index (χ0v) is 21.7. The van der Waals surface area contributed by atoms with Crippen LogP contribution < -0.4 is 0 Å². The van der Waals surface area contributed by atoms with Crippen LogP contribution in [0.4, 0.5) is 0 Å². The van der Waals surface area contributed by atoms with Crippen LogP contribution in [0.15, 0.2) is 0 Å². The molecule has 2 heterocycles. The Morgan fingerprint density at radius 3 is 1.36 bits per heavy atom. The van der Waals surface area contributed by atoms with Crippen molar-refractivity contribution in [2.45, 2.75) is 63.5 Å². The summed E-state index contributed by atoms with van der Waals surface area (Å²) in [7, 11) is 6.26. The van der Waals surface area contributed by atoms with Crippen LogP contribution in [-0.2, 0) is 38.2 Å². The molecule has 0 saturated carbocycles. The van der Waals surface area contributed by atoms with Crippen molar-refractivity contribution in [1.82, 2.24) is 19.6 Å². The molecular weight excluding hydrogens is 472 g/mol. The third kappa shape index (κ3) is 8.20. The van der Waals surface area contributed by atoms with Gasteiger partial charge in [0.1, 0.15) is 12.1 Å². The Hall–Kier alpha value is -3.18. The van der Waals surface area contributed by atoms with E-state index < -0.39 is 24.0 Å². The summed E-state index contributed by atoms with van der Waals surface area (Å²) in [5.74, 6) is -2.20. The Balaban J connectivity index is 1.74. The predicted molar refractivity (Wildman–Crippen MR) is 127 cm³/mol. The van der Waals surface area contributed by atoms with Crippen molar-refractivity contribution in [2.24, 2.45) is 0 Å². The largest absolute Gasteiger partial charge is 0.454 e. The van der Waals surface area contributed by atoms with Gasteiger partial charge in [-0.1, -0.05) is 0 Å². The van der Waals surface area contributed by atoms with E-state index in [2.05, 4.69) is 0 Å². The van der Waals surface area contributed by atoms with Crippen molar-refractivity contribution >= 4 is 35.6 Å². The van der Waals surface area contributed by atoms with E-state index in [0.29, 0.717) is 51.6 Å². The van der Waals surface area contributed by atoms with Gasteiger partial charge in [-0.05, 0) is 38.5 Å². The monoisotopic (exact) mass is 510 g/mol. The van der Waals surface area contributed by atoms with Crippen LogP contribution in [0.25, 0.3) is 0 Å². The molecule has 202 valence electrons. The SMILES string of the molecule is CN(C)C(=O)COC(=O)[C@H]1CCCN1C(=O)CCCCC(=O)N1CCC[C@@H]1C(=O)OCC(=O)N(C)C. The highest BCUT2D eigenvalue weighted by atomic mass is 16.5. The zero-order valence-electron chi connectivity index (χ0n) is 21.7. The van der Waals surface area contributed by atoms with Crippen LogP contribution in [0.2, 0.25) is 0 Å². The molecule has 2 fully saturated rings. The average Bonchev–Trinajstić information content (AvgIpc) is 3.53. The maximum Gasteiger partial charge on any atom is 0.329 e. The summed E-state index contributed by atoms with van der Waals surface area (Å²) in [6, 6.07) is -1.38. The molecule has 0 unspecified atom stereocenters. The number of nitrogens with zero attached hydrogens (tertiary/aromatic N) is 4. The molecule has 0 N–H and O–H groups in total. The summed E-state index contributed by atoms with van der Waals surface area (Å²) in [5, 5.41) is 0. The summed E-state index contributed by atoms with van der Waals surface area (Å²) in [6.07, 6.45) is 3.64. The number of amides is 4. The molecule has 4 amide bonds. The number of rotatable bonds is 11. The molecule has 0 bridgehead atoms. The third-order valence-corrected chi connectivity index (χ3v) is 6.40. The van der Waals surface area contributed by atoms with Crippen LogP contribution in [0.5, 0.6) is 0 Å². The minimum Gasteiger partial charge on any atom is -0.454 e. The lowest BCUT2D eigenvalue weighted by Crippen LogP contribution is -2.42. The van der Waals surface area contributed by atoms with Crippen LogP contribution in [0.3, 0.4) is 0 Å². The molecule has 12 heteroatoms. The highest BCUT2D eigenvalue weighted by molar-refractivity contribution is 5.88. The third-order valence-electron chi connectivity index (χ3n) is 6.40. The molecular formula is C24H38N4O8. The number of likely N-dealkylation sites (tertiary alicyclic amines) is 2. The Morgan fingerprint density at radius 2 is 1.03 bits per heavy atom. The maximum absolute atomic E-state index is 12.7. The summed E-state index contributed by atoms with van der Waals surface area (Å²) < 4.78 is 10.2. The fourth-order valence-electron chi connectivity index (χ4n) is 4.18. The van der Waals surface area contributed by atoms with Crippen molar-refractivity contribution in [3.05, 3.63) is 0 Å². The van der Waals surface area contributed by atoms with Crippen LogP contribution in [-0.4, -0.2) is 122 Å². The fraction of sp³-hybridized carbons (Fsp3) is 0.750. The van der Waals surface area contributed by atoms with Gasteiger partial charge in [0.15, 0.2) is 13.2 Å². The molecule has 0 aliphatic carbocycles. The van der Waals surface area contributed by atoms with Gasteiger partial charge in [0, 0.05) is 54.1 Å². The first-order valence-electron chi connectivity index (χ1n) is 12.4. The van der Waals surface area contributed by atoms with E-state index in [1.165, 1.54) is 19.6 Å². The standard InChI is InChI=1S/C24H38N4O8/c1-25(2)21(31)15-35-23(33)17-9-7-13-27(17)19(29)11-5-6-12-20(30)28-14-8-10-18(28)24(34)36-16-22(32)26(3)4/h17-18H,5-16H2,1-4H3/t17-,18-/m1/s1. The molecule has 2 aliphatic heterocycles. The van der Waals surface area contributed by atoms with E-state index in [-0.39, 0.29) is 49.7 Å². The van der Waals surface area contributed by atoms with E-state index in [1.807, 2.05) is 0 Å². The second-order valence-electron chi connectivity index (χ2n) is 9.49. The molecule has 2 saturated heterocycles. The molecule has 2 aliphatic rings.